The summed E-state index contributed by atoms with van der Waals surface area (Å²) in [5.74, 6) is 1.02. The number of rotatable bonds is 5. The zero-order valence-electron chi connectivity index (χ0n) is 11.9. The van der Waals surface area contributed by atoms with E-state index in [4.69, 9.17) is 10.5 Å². The molecule has 2 aromatic carbocycles. The maximum absolute atomic E-state index is 12.9. The van der Waals surface area contributed by atoms with Crippen LogP contribution in [0.5, 0.6) is 5.75 Å². The number of nitrogens with two attached hydrogens (primary N) is 1. The van der Waals surface area contributed by atoms with Crippen molar-refractivity contribution in [3.05, 3.63) is 59.4 Å². The Labute approximate surface area is 119 Å². The SMILES string of the molecule is CCC(C)c1ccc(OCc2ccc(F)cc2N)cc1. The lowest BCUT2D eigenvalue weighted by Crippen LogP contribution is -2.01. The van der Waals surface area contributed by atoms with Crippen LogP contribution in [0.4, 0.5) is 10.1 Å². The second-order valence-electron chi connectivity index (χ2n) is 5.01. The van der Waals surface area contributed by atoms with E-state index in [9.17, 15) is 4.39 Å². The molecule has 0 saturated carbocycles. The van der Waals surface area contributed by atoms with Crippen molar-refractivity contribution in [2.75, 3.05) is 5.73 Å². The Morgan fingerprint density at radius 2 is 1.85 bits per heavy atom. The van der Waals surface area contributed by atoms with Gasteiger partial charge in [0.05, 0.1) is 0 Å². The molecular weight excluding hydrogens is 253 g/mol. The molecule has 106 valence electrons. The van der Waals surface area contributed by atoms with Crippen LogP contribution in [0.15, 0.2) is 42.5 Å². The maximum atomic E-state index is 12.9. The molecule has 2 N–H and O–H groups in total. The van der Waals surface area contributed by atoms with Crippen molar-refractivity contribution in [2.45, 2.75) is 32.8 Å². The number of ether oxygens (including phenoxy) is 1. The molecule has 0 aliphatic carbocycles. The zero-order valence-corrected chi connectivity index (χ0v) is 11.9. The fourth-order valence-electron chi connectivity index (χ4n) is 1.99. The summed E-state index contributed by atoms with van der Waals surface area (Å²) < 4.78 is 18.6. The lowest BCUT2D eigenvalue weighted by Gasteiger charge is -2.11. The van der Waals surface area contributed by atoms with Crippen LogP contribution in [-0.2, 0) is 6.61 Å². The third kappa shape index (κ3) is 3.50. The third-order valence-corrected chi connectivity index (χ3v) is 3.56. The van der Waals surface area contributed by atoms with Crippen LogP contribution < -0.4 is 10.5 Å². The first-order valence-corrected chi connectivity index (χ1v) is 6.86. The summed E-state index contributed by atoms with van der Waals surface area (Å²) in [7, 11) is 0. The highest BCUT2D eigenvalue weighted by Gasteiger charge is 2.04. The molecule has 0 bridgehead atoms. The number of anilines is 1. The average molecular weight is 273 g/mol. The van der Waals surface area contributed by atoms with Gasteiger partial charge < -0.3 is 10.5 Å². The second kappa shape index (κ2) is 6.42. The lowest BCUT2D eigenvalue weighted by molar-refractivity contribution is 0.306. The zero-order chi connectivity index (χ0) is 14.5. The Hall–Kier alpha value is -2.03. The molecule has 2 nitrogen and oxygen atoms in total. The molecule has 1 atom stereocenters. The van der Waals surface area contributed by atoms with Crippen LogP contribution in [0.25, 0.3) is 0 Å². The van der Waals surface area contributed by atoms with Crippen molar-refractivity contribution in [1.29, 1.82) is 0 Å². The number of benzene rings is 2. The van der Waals surface area contributed by atoms with E-state index >= 15 is 0 Å². The van der Waals surface area contributed by atoms with E-state index in [0.717, 1.165) is 17.7 Å². The summed E-state index contributed by atoms with van der Waals surface area (Å²) in [6.07, 6.45) is 1.12. The van der Waals surface area contributed by atoms with Crippen molar-refractivity contribution < 1.29 is 9.13 Å². The van der Waals surface area contributed by atoms with Gasteiger partial charge in [0.15, 0.2) is 0 Å². The molecule has 0 radical (unpaired) electrons. The van der Waals surface area contributed by atoms with Crippen molar-refractivity contribution in [1.82, 2.24) is 0 Å². The van der Waals surface area contributed by atoms with Gasteiger partial charge >= 0.3 is 0 Å². The van der Waals surface area contributed by atoms with Crippen LogP contribution >= 0.6 is 0 Å². The van der Waals surface area contributed by atoms with Crippen LogP contribution in [-0.4, -0.2) is 0 Å². The smallest absolute Gasteiger partial charge is 0.125 e. The van der Waals surface area contributed by atoms with Crippen LogP contribution in [0.2, 0.25) is 0 Å². The standard InChI is InChI=1S/C17H20FNO/c1-3-12(2)13-5-8-16(9-6-13)20-11-14-4-7-15(18)10-17(14)19/h4-10,12H,3,11,19H2,1-2H3. The predicted molar refractivity (Wildman–Crippen MR) is 80.3 cm³/mol. The van der Waals surface area contributed by atoms with Gasteiger partial charge in [-0.25, -0.2) is 4.39 Å². The first-order chi connectivity index (χ1) is 9.60. The molecule has 2 rings (SSSR count). The summed E-state index contributed by atoms with van der Waals surface area (Å²) in [5, 5.41) is 0. The minimum Gasteiger partial charge on any atom is -0.489 e. The topological polar surface area (TPSA) is 35.2 Å². The molecule has 3 heteroatoms. The molecule has 0 aliphatic rings. The van der Waals surface area contributed by atoms with Crippen molar-refractivity contribution in [2.24, 2.45) is 0 Å². The Kier molecular flexibility index (Phi) is 4.61. The minimum atomic E-state index is -0.329. The number of halogens is 1. The molecule has 20 heavy (non-hydrogen) atoms. The molecule has 2 aromatic rings. The van der Waals surface area contributed by atoms with Crippen molar-refractivity contribution >= 4 is 5.69 Å². The molecule has 0 fully saturated rings. The van der Waals surface area contributed by atoms with E-state index in [2.05, 4.69) is 26.0 Å². The van der Waals surface area contributed by atoms with Gasteiger partial charge in [-0.15, -0.1) is 0 Å². The molecule has 0 spiro atoms. The second-order valence-corrected chi connectivity index (χ2v) is 5.01. The minimum absolute atomic E-state index is 0.329. The Morgan fingerprint density at radius 1 is 1.15 bits per heavy atom. The maximum Gasteiger partial charge on any atom is 0.125 e. The first kappa shape index (κ1) is 14.4. The van der Waals surface area contributed by atoms with Gasteiger partial charge in [-0.1, -0.05) is 32.0 Å². The normalized spacial score (nSPS) is 12.2. The van der Waals surface area contributed by atoms with E-state index in [0.29, 0.717) is 18.2 Å². The first-order valence-electron chi connectivity index (χ1n) is 6.86. The molecular formula is C17H20FNO. The number of hydrogen-bond donors (Lipinski definition) is 1. The Bertz CT molecular complexity index is 566. The van der Waals surface area contributed by atoms with Gasteiger partial charge in [0.2, 0.25) is 0 Å². The molecule has 0 aromatic heterocycles. The third-order valence-electron chi connectivity index (χ3n) is 3.56. The van der Waals surface area contributed by atoms with E-state index < -0.39 is 0 Å². The predicted octanol–water partition coefficient (Wildman–Crippen LogP) is 4.50. The molecule has 1 unspecified atom stereocenters. The van der Waals surface area contributed by atoms with Gasteiger partial charge in [-0.2, -0.15) is 0 Å². The van der Waals surface area contributed by atoms with Crippen LogP contribution in [0.1, 0.15) is 37.3 Å². The highest BCUT2D eigenvalue weighted by atomic mass is 19.1. The van der Waals surface area contributed by atoms with E-state index in [-0.39, 0.29) is 5.82 Å². The van der Waals surface area contributed by atoms with Crippen molar-refractivity contribution in [3.63, 3.8) is 0 Å². The van der Waals surface area contributed by atoms with Crippen LogP contribution in [0.3, 0.4) is 0 Å². The lowest BCUT2D eigenvalue weighted by atomic mass is 9.99. The number of hydrogen-bond acceptors (Lipinski definition) is 2. The Balaban J connectivity index is 2.00. The van der Waals surface area contributed by atoms with Crippen molar-refractivity contribution in [3.8, 4) is 5.75 Å². The molecule has 0 amide bonds. The van der Waals surface area contributed by atoms with E-state index in [1.54, 1.807) is 6.07 Å². The Morgan fingerprint density at radius 3 is 2.45 bits per heavy atom. The molecule has 0 saturated heterocycles. The number of nitrogen functional groups attached to an aromatic ring is 1. The summed E-state index contributed by atoms with van der Waals surface area (Å²) in [6, 6.07) is 12.4. The summed E-state index contributed by atoms with van der Waals surface area (Å²) in [5.41, 5.74) is 8.26. The average Bonchev–Trinajstić information content (AvgIpc) is 2.46. The highest BCUT2D eigenvalue weighted by Crippen LogP contribution is 2.22. The molecule has 0 heterocycles. The fourth-order valence-corrected chi connectivity index (χ4v) is 1.99. The fraction of sp³-hybridized carbons (Fsp3) is 0.294. The van der Waals surface area contributed by atoms with E-state index in [1.165, 1.54) is 17.7 Å². The summed E-state index contributed by atoms with van der Waals surface area (Å²) >= 11 is 0. The van der Waals surface area contributed by atoms with Gasteiger partial charge in [0, 0.05) is 11.3 Å². The molecule has 0 aliphatic heterocycles. The quantitative estimate of drug-likeness (QED) is 0.814. The van der Waals surface area contributed by atoms with Crippen LogP contribution in [0, 0.1) is 5.82 Å². The monoisotopic (exact) mass is 273 g/mol. The van der Waals surface area contributed by atoms with Gasteiger partial charge in [0.1, 0.15) is 18.2 Å². The van der Waals surface area contributed by atoms with Gasteiger partial charge in [0.25, 0.3) is 0 Å². The highest BCUT2D eigenvalue weighted by molar-refractivity contribution is 5.46. The van der Waals surface area contributed by atoms with Gasteiger partial charge in [-0.3, -0.25) is 0 Å². The largest absolute Gasteiger partial charge is 0.489 e. The van der Waals surface area contributed by atoms with E-state index in [1.807, 2.05) is 12.1 Å². The summed E-state index contributed by atoms with van der Waals surface area (Å²) in [4.78, 5) is 0. The summed E-state index contributed by atoms with van der Waals surface area (Å²) in [6.45, 7) is 4.72. The van der Waals surface area contributed by atoms with Gasteiger partial charge in [-0.05, 0) is 42.2 Å².